The van der Waals surface area contributed by atoms with Gasteiger partial charge in [-0.25, -0.2) is 4.98 Å². The maximum absolute atomic E-state index is 13.2. The zero-order chi connectivity index (χ0) is 20.4. The Morgan fingerprint density at radius 1 is 1.10 bits per heavy atom. The first-order chi connectivity index (χ1) is 13.9. The fourth-order valence-corrected chi connectivity index (χ4v) is 3.83. The number of aromatic nitrogens is 2. The van der Waals surface area contributed by atoms with E-state index in [4.69, 9.17) is 0 Å². The van der Waals surface area contributed by atoms with Crippen molar-refractivity contribution < 1.29 is 18.0 Å². The average Bonchev–Trinajstić information content (AvgIpc) is 3.29. The van der Waals surface area contributed by atoms with E-state index >= 15 is 0 Å². The number of fused-ring (bicyclic) bond motifs is 1. The van der Waals surface area contributed by atoms with Crippen LogP contribution in [0.2, 0.25) is 0 Å². The molecule has 0 spiro atoms. The minimum Gasteiger partial charge on any atom is -0.350 e. The number of alkyl halides is 3. The lowest BCUT2D eigenvalue weighted by atomic mass is 10.1. The fourth-order valence-electron chi connectivity index (χ4n) is 3.11. The van der Waals surface area contributed by atoms with Gasteiger partial charge in [-0.1, -0.05) is 42.5 Å². The normalized spacial score (nSPS) is 11.7. The van der Waals surface area contributed by atoms with Crippen LogP contribution < -0.4 is 5.32 Å². The topological polar surface area (TPSA) is 46.4 Å². The Morgan fingerprint density at radius 3 is 2.66 bits per heavy atom. The van der Waals surface area contributed by atoms with Crippen molar-refractivity contribution in [3.63, 3.8) is 0 Å². The minimum absolute atomic E-state index is 0.115. The van der Waals surface area contributed by atoms with Gasteiger partial charge in [0.05, 0.1) is 11.3 Å². The lowest BCUT2D eigenvalue weighted by Gasteiger charge is -2.10. The molecule has 1 amide bonds. The van der Waals surface area contributed by atoms with Crippen molar-refractivity contribution in [2.24, 2.45) is 0 Å². The van der Waals surface area contributed by atoms with E-state index in [9.17, 15) is 18.0 Å². The maximum atomic E-state index is 13.2. The highest BCUT2D eigenvalue weighted by Gasteiger charge is 2.31. The van der Waals surface area contributed by atoms with Crippen LogP contribution in [0.25, 0.3) is 16.2 Å². The molecule has 0 saturated heterocycles. The molecule has 0 aliphatic rings. The number of rotatable bonds is 5. The van der Waals surface area contributed by atoms with Crippen molar-refractivity contribution in [1.82, 2.24) is 14.7 Å². The van der Waals surface area contributed by atoms with Crippen molar-refractivity contribution in [2.45, 2.75) is 12.6 Å². The van der Waals surface area contributed by atoms with Gasteiger partial charge in [-0.2, -0.15) is 13.2 Å². The highest BCUT2D eigenvalue weighted by molar-refractivity contribution is 7.15. The van der Waals surface area contributed by atoms with Gasteiger partial charge in [0, 0.05) is 23.7 Å². The van der Waals surface area contributed by atoms with Crippen molar-refractivity contribution in [2.75, 3.05) is 6.54 Å². The summed E-state index contributed by atoms with van der Waals surface area (Å²) in [6.45, 7) is 0.399. The number of hydrogen-bond acceptors (Lipinski definition) is 3. The van der Waals surface area contributed by atoms with E-state index in [-0.39, 0.29) is 5.69 Å². The summed E-state index contributed by atoms with van der Waals surface area (Å²) < 4.78 is 41.1. The standard InChI is InChI=1S/C21H16F3N3OS/c22-21(23,24)16-8-4-7-15(13-16)18-17(26-20-27(18)11-12-29-20)19(28)25-10-9-14-5-2-1-3-6-14/h1-8,11-13H,9-10H2,(H,25,28). The number of thiazole rings is 1. The zero-order valence-electron chi connectivity index (χ0n) is 15.1. The number of halogens is 3. The van der Waals surface area contributed by atoms with E-state index in [1.807, 2.05) is 30.3 Å². The van der Waals surface area contributed by atoms with Gasteiger partial charge in [0.1, 0.15) is 0 Å². The van der Waals surface area contributed by atoms with Gasteiger partial charge in [0.2, 0.25) is 0 Å². The number of nitrogens with zero attached hydrogens (tertiary/aromatic N) is 2. The number of nitrogens with one attached hydrogen (secondary N) is 1. The highest BCUT2D eigenvalue weighted by Crippen LogP contribution is 2.34. The number of carbonyl (C=O) groups excluding carboxylic acids is 1. The van der Waals surface area contributed by atoms with E-state index in [2.05, 4.69) is 10.3 Å². The van der Waals surface area contributed by atoms with Gasteiger partial charge in [-0.15, -0.1) is 11.3 Å². The van der Waals surface area contributed by atoms with Crippen molar-refractivity contribution in [3.05, 3.63) is 83.0 Å². The summed E-state index contributed by atoms with van der Waals surface area (Å²) in [7, 11) is 0. The second-order valence-corrected chi connectivity index (χ2v) is 7.31. The van der Waals surface area contributed by atoms with Gasteiger partial charge < -0.3 is 5.32 Å². The summed E-state index contributed by atoms with van der Waals surface area (Å²) in [6.07, 6.45) is -2.12. The molecule has 0 saturated carbocycles. The lowest BCUT2D eigenvalue weighted by molar-refractivity contribution is -0.137. The minimum atomic E-state index is -4.47. The second-order valence-electron chi connectivity index (χ2n) is 6.43. The quantitative estimate of drug-likeness (QED) is 0.496. The Kier molecular flexibility index (Phi) is 5.10. The van der Waals surface area contributed by atoms with E-state index in [0.29, 0.717) is 29.2 Å². The van der Waals surface area contributed by atoms with Crippen LogP contribution >= 0.6 is 11.3 Å². The van der Waals surface area contributed by atoms with Crippen LogP contribution in [0, 0.1) is 0 Å². The Labute approximate surface area is 168 Å². The summed E-state index contributed by atoms with van der Waals surface area (Å²) in [5.41, 5.74) is 1.07. The van der Waals surface area contributed by atoms with Gasteiger partial charge in [0.15, 0.2) is 10.7 Å². The number of benzene rings is 2. The van der Waals surface area contributed by atoms with Gasteiger partial charge in [-0.05, 0) is 24.1 Å². The van der Waals surface area contributed by atoms with Gasteiger partial charge in [-0.3, -0.25) is 9.20 Å². The molecule has 2 aromatic heterocycles. The van der Waals surface area contributed by atoms with Crippen LogP contribution in [-0.4, -0.2) is 21.8 Å². The molecule has 0 fully saturated rings. The fraction of sp³-hybridized carbons (Fsp3) is 0.143. The maximum Gasteiger partial charge on any atom is 0.416 e. The Balaban J connectivity index is 1.64. The van der Waals surface area contributed by atoms with E-state index < -0.39 is 17.6 Å². The second kappa shape index (κ2) is 7.71. The smallest absolute Gasteiger partial charge is 0.350 e. The van der Waals surface area contributed by atoms with Crippen molar-refractivity contribution in [3.8, 4) is 11.3 Å². The summed E-state index contributed by atoms with van der Waals surface area (Å²) in [5, 5.41) is 4.60. The van der Waals surface area contributed by atoms with Crippen molar-refractivity contribution >= 4 is 22.2 Å². The first-order valence-electron chi connectivity index (χ1n) is 8.89. The SMILES string of the molecule is O=C(NCCc1ccccc1)c1nc2sccn2c1-c1cccc(C(F)(F)F)c1. The first-order valence-corrected chi connectivity index (χ1v) is 9.77. The Bertz CT molecular complexity index is 1150. The van der Waals surface area contributed by atoms with E-state index in [1.165, 1.54) is 17.4 Å². The molecular weight excluding hydrogens is 399 g/mol. The lowest BCUT2D eigenvalue weighted by Crippen LogP contribution is -2.26. The van der Waals surface area contributed by atoms with Crippen LogP contribution in [0.1, 0.15) is 21.6 Å². The molecule has 8 heteroatoms. The summed E-state index contributed by atoms with van der Waals surface area (Å²) in [4.78, 5) is 17.7. The molecule has 4 rings (SSSR count). The third-order valence-electron chi connectivity index (χ3n) is 4.48. The van der Waals surface area contributed by atoms with Crippen LogP contribution in [0.3, 0.4) is 0 Å². The van der Waals surface area contributed by atoms with Crippen LogP contribution in [0.15, 0.2) is 66.2 Å². The largest absolute Gasteiger partial charge is 0.416 e. The molecule has 29 heavy (non-hydrogen) atoms. The molecular formula is C21H16F3N3OS. The molecule has 4 aromatic rings. The van der Waals surface area contributed by atoms with Crippen LogP contribution in [0.5, 0.6) is 0 Å². The molecule has 0 radical (unpaired) electrons. The molecule has 2 heterocycles. The van der Waals surface area contributed by atoms with E-state index in [1.54, 1.807) is 22.0 Å². The van der Waals surface area contributed by atoms with Crippen LogP contribution in [0.4, 0.5) is 13.2 Å². The monoisotopic (exact) mass is 415 g/mol. The molecule has 0 unspecified atom stereocenters. The predicted octanol–water partition coefficient (Wildman–Crippen LogP) is 5.05. The third-order valence-corrected chi connectivity index (χ3v) is 5.24. The number of carbonyl (C=O) groups is 1. The predicted molar refractivity (Wildman–Crippen MR) is 106 cm³/mol. The molecule has 2 aromatic carbocycles. The summed E-state index contributed by atoms with van der Waals surface area (Å²) in [5.74, 6) is -0.413. The van der Waals surface area contributed by atoms with Gasteiger partial charge in [0.25, 0.3) is 5.91 Å². The molecule has 0 bridgehead atoms. The molecule has 0 aliphatic heterocycles. The van der Waals surface area contributed by atoms with Crippen LogP contribution in [-0.2, 0) is 12.6 Å². The highest BCUT2D eigenvalue weighted by atomic mass is 32.1. The summed E-state index contributed by atoms with van der Waals surface area (Å²) >= 11 is 1.31. The zero-order valence-corrected chi connectivity index (χ0v) is 15.9. The number of imidazole rings is 1. The van der Waals surface area contributed by atoms with Crippen molar-refractivity contribution in [1.29, 1.82) is 0 Å². The average molecular weight is 415 g/mol. The first kappa shape index (κ1) is 19.2. The third kappa shape index (κ3) is 4.02. The molecule has 0 atom stereocenters. The number of amides is 1. The Hall–Kier alpha value is -3.13. The summed E-state index contributed by atoms with van der Waals surface area (Å²) in [6, 6.07) is 14.6. The van der Waals surface area contributed by atoms with E-state index in [0.717, 1.165) is 17.7 Å². The van der Waals surface area contributed by atoms with Gasteiger partial charge >= 0.3 is 6.18 Å². The molecule has 148 valence electrons. The molecule has 0 aliphatic carbocycles. The number of hydrogen-bond donors (Lipinski definition) is 1. The molecule has 1 N–H and O–H groups in total. The Morgan fingerprint density at radius 2 is 1.90 bits per heavy atom. The molecule has 4 nitrogen and oxygen atoms in total.